The van der Waals surface area contributed by atoms with Gasteiger partial charge in [0.05, 0.1) is 5.56 Å². The molecule has 0 atom stereocenters. The predicted molar refractivity (Wildman–Crippen MR) is 115 cm³/mol. The van der Waals surface area contributed by atoms with Crippen molar-refractivity contribution < 1.29 is 9.59 Å². The van der Waals surface area contributed by atoms with E-state index in [1.54, 1.807) is 0 Å². The first-order valence-corrected chi connectivity index (χ1v) is 10.4. The minimum Gasteiger partial charge on any atom is -0.356 e. The Bertz CT molecular complexity index is 1000. The van der Waals surface area contributed by atoms with Crippen LogP contribution in [-0.4, -0.2) is 40.9 Å². The first-order chi connectivity index (χ1) is 14.2. The molecule has 0 unspecified atom stereocenters. The van der Waals surface area contributed by atoms with Gasteiger partial charge in [0.15, 0.2) is 0 Å². The second kappa shape index (κ2) is 8.52. The van der Waals surface area contributed by atoms with Gasteiger partial charge in [0, 0.05) is 49.2 Å². The lowest BCUT2D eigenvalue weighted by Gasteiger charge is -2.31. The van der Waals surface area contributed by atoms with Crippen LogP contribution in [0.15, 0.2) is 60.8 Å². The van der Waals surface area contributed by atoms with Gasteiger partial charge in [0.2, 0.25) is 5.91 Å². The Hall–Kier alpha value is -3.08. The highest BCUT2D eigenvalue weighted by Gasteiger charge is 2.28. The third kappa shape index (κ3) is 4.04. The molecule has 150 valence electrons. The van der Waals surface area contributed by atoms with E-state index < -0.39 is 0 Å². The summed E-state index contributed by atoms with van der Waals surface area (Å²) in [6.07, 6.45) is 3.43. The maximum Gasteiger partial charge on any atom is 0.256 e. The van der Waals surface area contributed by atoms with Crippen LogP contribution in [0.2, 0.25) is 0 Å². The Kier molecular flexibility index (Phi) is 5.65. The highest BCUT2D eigenvalue weighted by molar-refractivity contribution is 6.07. The summed E-state index contributed by atoms with van der Waals surface area (Å²) < 4.78 is 2.15. The Morgan fingerprint density at radius 3 is 2.41 bits per heavy atom. The van der Waals surface area contributed by atoms with Crippen LogP contribution in [0.4, 0.5) is 0 Å². The molecule has 1 aliphatic heterocycles. The number of nitrogens with zero attached hydrogens (tertiary/aromatic N) is 2. The van der Waals surface area contributed by atoms with Crippen molar-refractivity contribution in [3.8, 4) is 0 Å². The molecule has 2 amide bonds. The molecule has 1 fully saturated rings. The number of rotatable bonds is 5. The van der Waals surface area contributed by atoms with Gasteiger partial charge in [0.1, 0.15) is 0 Å². The number of carbonyl (C=O) groups excluding carboxylic acids is 2. The fourth-order valence-corrected chi connectivity index (χ4v) is 4.16. The number of hydrogen-bond donors (Lipinski definition) is 1. The highest BCUT2D eigenvalue weighted by Crippen LogP contribution is 2.26. The molecular weight excluding hydrogens is 362 g/mol. The molecule has 2 heterocycles. The van der Waals surface area contributed by atoms with Crippen LogP contribution in [0.3, 0.4) is 0 Å². The molecule has 1 aromatic heterocycles. The van der Waals surface area contributed by atoms with Gasteiger partial charge in [-0.1, -0.05) is 48.5 Å². The smallest absolute Gasteiger partial charge is 0.256 e. The summed E-state index contributed by atoms with van der Waals surface area (Å²) in [5.41, 5.74) is 3.01. The third-order valence-electron chi connectivity index (χ3n) is 5.72. The molecule has 5 heteroatoms. The second-order valence-electron chi connectivity index (χ2n) is 7.63. The number of carbonyl (C=O) groups is 2. The summed E-state index contributed by atoms with van der Waals surface area (Å²) in [4.78, 5) is 27.3. The second-order valence-corrected chi connectivity index (χ2v) is 7.63. The van der Waals surface area contributed by atoms with Crippen LogP contribution < -0.4 is 5.32 Å². The Labute approximate surface area is 171 Å². The summed E-state index contributed by atoms with van der Waals surface area (Å²) in [6, 6.07) is 18.4. The van der Waals surface area contributed by atoms with Gasteiger partial charge in [0.25, 0.3) is 5.91 Å². The van der Waals surface area contributed by atoms with Crippen LogP contribution in [0.25, 0.3) is 10.9 Å². The van der Waals surface area contributed by atoms with E-state index in [0.717, 1.165) is 35.9 Å². The van der Waals surface area contributed by atoms with Crippen molar-refractivity contribution in [3.63, 3.8) is 0 Å². The zero-order chi connectivity index (χ0) is 20.2. The first-order valence-electron chi connectivity index (χ1n) is 10.4. The lowest BCUT2D eigenvalue weighted by molar-refractivity contribution is -0.126. The van der Waals surface area contributed by atoms with Crippen LogP contribution in [-0.2, 0) is 11.3 Å². The van der Waals surface area contributed by atoms with Crippen molar-refractivity contribution in [2.24, 2.45) is 5.92 Å². The quantitative estimate of drug-likeness (QED) is 0.724. The highest BCUT2D eigenvalue weighted by atomic mass is 16.2. The van der Waals surface area contributed by atoms with E-state index in [2.05, 4.69) is 28.1 Å². The summed E-state index contributed by atoms with van der Waals surface area (Å²) >= 11 is 0. The van der Waals surface area contributed by atoms with Gasteiger partial charge in [-0.15, -0.1) is 0 Å². The summed E-state index contributed by atoms with van der Waals surface area (Å²) in [6.45, 7) is 4.56. The van der Waals surface area contributed by atoms with Crippen molar-refractivity contribution in [3.05, 3.63) is 71.9 Å². The largest absolute Gasteiger partial charge is 0.356 e. The molecule has 0 bridgehead atoms. The summed E-state index contributed by atoms with van der Waals surface area (Å²) in [5, 5.41) is 3.88. The monoisotopic (exact) mass is 389 g/mol. The van der Waals surface area contributed by atoms with Crippen molar-refractivity contribution in [1.82, 2.24) is 14.8 Å². The third-order valence-corrected chi connectivity index (χ3v) is 5.72. The first kappa shape index (κ1) is 19.2. The lowest BCUT2D eigenvalue weighted by atomic mass is 9.95. The Morgan fingerprint density at radius 2 is 1.69 bits per heavy atom. The molecule has 1 N–H and O–H groups in total. The molecule has 29 heavy (non-hydrogen) atoms. The Balaban J connectivity index is 1.55. The molecule has 0 spiro atoms. The zero-order valence-corrected chi connectivity index (χ0v) is 16.8. The average Bonchev–Trinajstić information content (AvgIpc) is 3.13. The van der Waals surface area contributed by atoms with Crippen molar-refractivity contribution >= 4 is 22.7 Å². The number of para-hydroxylation sites is 1. The average molecular weight is 389 g/mol. The maximum absolute atomic E-state index is 13.3. The van der Waals surface area contributed by atoms with E-state index in [1.807, 2.05) is 54.4 Å². The van der Waals surface area contributed by atoms with E-state index >= 15 is 0 Å². The van der Waals surface area contributed by atoms with Crippen molar-refractivity contribution in [2.75, 3.05) is 19.6 Å². The van der Waals surface area contributed by atoms with Gasteiger partial charge in [-0.25, -0.2) is 0 Å². The van der Waals surface area contributed by atoms with E-state index in [9.17, 15) is 9.59 Å². The minimum absolute atomic E-state index is 0.0124. The summed E-state index contributed by atoms with van der Waals surface area (Å²) in [7, 11) is 0. The van der Waals surface area contributed by atoms with E-state index in [4.69, 9.17) is 0 Å². The Morgan fingerprint density at radius 1 is 1.00 bits per heavy atom. The van der Waals surface area contributed by atoms with Crippen molar-refractivity contribution in [2.45, 2.75) is 26.3 Å². The number of nitrogens with one attached hydrogen (secondary N) is 1. The normalized spacial score (nSPS) is 14.9. The molecular formula is C24H27N3O2. The van der Waals surface area contributed by atoms with Gasteiger partial charge >= 0.3 is 0 Å². The predicted octanol–water partition coefficient (Wildman–Crippen LogP) is 3.68. The van der Waals surface area contributed by atoms with Crippen molar-refractivity contribution in [1.29, 1.82) is 0 Å². The molecule has 0 radical (unpaired) electrons. The van der Waals surface area contributed by atoms with E-state index in [0.29, 0.717) is 19.6 Å². The molecule has 5 nitrogen and oxygen atoms in total. The number of hydrogen-bond acceptors (Lipinski definition) is 2. The molecule has 0 saturated carbocycles. The molecule has 4 rings (SSSR count). The van der Waals surface area contributed by atoms with Gasteiger partial charge in [-0.05, 0) is 31.4 Å². The SMILES string of the molecule is CCNC(=O)C1CCN(C(=O)c2cn(Cc3ccccc3)c3ccccc23)CC1. The minimum atomic E-state index is 0.0124. The fourth-order valence-electron chi connectivity index (χ4n) is 4.16. The van der Waals surface area contributed by atoms with E-state index in [-0.39, 0.29) is 17.7 Å². The van der Waals surface area contributed by atoms with E-state index in [1.165, 1.54) is 5.56 Å². The topological polar surface area (TPSA) is 54.3 Å². The number of likely N-dealkylation sites (tertiary alicyclic amines) is 1. The van der Waals surface area contributed by atoms with Gasteiger partial charge in [-0.2, -0.15) is 0 Å². The number of benzene rings is 2. The molecule has 0 aliphatic carbocycles. The summed E-state index contributed by atoms with van der Waals surface area (Å²) in [5.74, 6) is 0.180. The molecule has 1 aliphatic rings. The van der Waals surface area contributed by atoms with Crippen LogP contribution in [0.1, 0.15) is 35.7 Å². The maximum atomic E-state index is 13.3. The fraction of sp³-hybridized carbons (Fsp3) is 0.333. The zero-order valence-electron chi connectivity index (χ0n) is 16.8. The number of amides is 2. The van der Waals surface area contributed by atoms with Crippen LogP contribution in [0.5, 0.6) is 0 Å². The van der Waals surface area contributed by atoms with Gasteiger partial charge in [-0.3, -0.25) is 9.59 Å². The molecule has 1 saturated heterocycles. The standard InChI is InChI=1S/C24H27N3O2/c1-2-25-23(28)19-12-14-26(15-13-19)24(29)21-17-27(16-18-8-4-3-5-9-18)22-11-7-6-10-20(21)22/h3-11,17,19H,2,12-16H2,1H3,(H,25,28). The lowest BCUT2D eigenvalue weighted by Crippen LogP contribution is -2.43. The van der Waals surface area contributed by atoms with Crippen LogP contribution in [0, 0.1) is 5.92 Å². The molecule has 2 aromatic carbocycles. The number of aromatic nitrogens is 1. The molecule has 3 aromatic rings. The van der Waals surface area contributed by atoms with Gasteiger partial charge < -0.3 is 14.8 Å². The number of fused-ring (bicyclic) bond motifs is 1. The number of piperidine rings is 1. The van der Waals surface area contributed by atoms with Crippen LogP contribution >= 0.6 is 0 Å².